The number of benzene rings is 2. The van der Waals surface area contributed by atoms with Crippen molar-refractivity contribution in [3.05, 3.63) is 65.7 Å². The van der Waals surface area contributed by atoms with Crippen LogP contribution in [0.15, 0.2) is 59.5 Å². The van der Waals surface area contributed by atoms with Gasteiger partial charge in [0.2, 0.25) is 11.8 Å². The highest BCUT2D eigenvalue weighted by molar-refractivity contribution is 7.90. The van der Waals surface area contributed by atoms with Gasteiger partial charge in [-0.3, -0.25) is 9.59 Å². The summed E-state index contributed by atoms with van der Waals surface area (Å²) in [7, 11) is -3.23. The van der Waals surface area contributed by atoms with E-state index in [-0.39, 0.29) is 29.6 Å². The Kier molecular flexibility index (Phi) is 8.33. The van der Waals surface area contributed by atoms with E-state index >= 15 is 0 Å². The van der Waals surface area contributed by atoms with Crippen LogP contribution in [-0.4, -0.2) is 80.5 Å². The first kappa shape index (κ1) is 29.1. The maximum absolute atomic E-state index is 13.0. The van der Waals surface area contributed by atoms with Crippen molar-refractivity contribution in [2.24, 2.45) is 17.3 Å². The Balaban J connectivity index is 0.00000323. The zero-order valence-electron chi connectivity index (χ0n) is 23.2. The number of carbonyl (C=O) groups is 2. The molecule has 3 heterocycles. The van der Waals surface area contributed by atoms with E-state index in [2.05, 4.69) is 40.1 Å². The van der Waals surface area contributed by atoms with E-state index in [1.165, 1.54) is 11.8 Å². The van der Waals surface area contributed by atoms with E-state index in [4.69, 9.17) is 0 Å². The fraction of sp³-hybridized carbons (Fsp3) is 0.548. The van der Waals surface area contributed by atoms with Crippen molar-refractivity contribution in [3.63, 3.8) is 0 Å². The van der Waals surface area contributed by atoms with E-state index in [0.29, 0.717) is 35.6 Å². The number of amides is 2. The van der Waals surface area contributed by atoms with Gasteiger partial charge in [-0.05, 0) is 73.4 Å². The predicted molar refractivity (Wildman–Crippen MR) is 157 cm³/mol. The van der Waals surface area contributed by atoms with Crippen LogP contribution < -0.4 is 0 Å². The van der Waals surface area contributed by atoms with Crippen LogP contribution in [0.25, 0.3) is 0 Å². The van der Waals surface area contributed by atoms with Gasteiger partial charge in [-0.2, -0.15) is 0 Å². The Morgan fingerprint density at radius 2 is 1.65 bits per heavy atom. The number of piperidine rings is 1. The summed E-state index contributed by atoms with van der Waals surface area (Å²) in [4.78, 5) is 32.8. The summed E-state index contributed by atoms with van der Waals surface area (Å²) in [5, 5.41) is 0. The maximum Gasteiger partial charge on any atom is 0.225 e. The molecule has 2 atom stereocenters. The summed E-state index contributed by atoms with van der Waals surface area (Å²) in [5.74, 6) is 1.62. The number of hydrogen-bond acceptors (Lipinski definition) is 5. The van der Waals surface area contributed by atoms with Crippen molar-refractivity contribution in [2.75, 3.05) is 45.5 Å². The lowest BCUT2D eigenvalue weighted by atomic mass is 9.77. The lowest BCUT2D eigenvalue weighted by Gasteiger charge is -2.40. The highest BCUT2D eigenvalue weighted by Gasteiger charge is 2.46. The molecule has 2 amide bonds. The molecule has 2 unspecified atom stereocenters. The zero-order chi connectivity index (χ0) is 27.2. The second kappa shape index (κ2) is 11.5. The second-order valence-electron chi connectivity index (χ2n) is 12.4. The number of carbonyl (C=O) groups excluding carboxylic acids is 2. The van der Waals surface area contributed by atoms with E-state index < -0.39 is 9.84 Å². The summed E-state index contributed by atoms with van der Waals surface area (Å²) < 4.78 is 23.5. The molecule has 0 radical (unpaired) electrons. The van der Waals surface area contributed by atoms with E-state index in [1.54, 1.807) is 12.1 Å². The molecule has 0 N–H and O–H groups in total. The van der Waals surface area contributed by atoms with Crippen molar-refractivity contribution in [1.29, 1.82) is 0 Å². The molecule has 4 aliphatic rings. The molecule has 4 fully saturated rings. The smallest absolute Gasteiger partial charge is 0.225 e. The molecule has 7 nitrogen and oxygen atoms in total. The van der Waals surface area contributed by atoms with Crippen LogP contribution in [-0.2, 0) is 26.0 Å². The summed E-state index contributed by atoms with van der Waals surface area (Å²) in [6.07, 6.45) is 5.92. The van der Waals surface area contributed by atoms with Gasteiger partial charge in [0.1, 0.15) is 0 Å². The number of sulfone groups is 1. The Hall–Kier alpha value is -2.42. The lowest BCUT2D eigenvalue weighted by molar-refractivity contribution is -0.131. The molecular formula is C31H40ClN3O4S. The molecular weight excluding hydrogens is 546 g/mol. The van der Waals surface area contributed by atoms with Crippen molar-refractivity contribution in [1.82, 2.24) is 14.7 Å². The van der Waals surface area contributed by atoms with Crippen LogP contribution in [0.4, 0.5) is 0 Å². The topological polar surface area (TPSA) is 78.0 Å². The van der Waals surface area contributed by atoms with Gasteiger partial charge in [-0.15, -0.1) is 12.4 Å². The van der Waals surface area contributed by atoms with Gasteiger partial charge in [0.05, 0.1) is 4.90 Å². The third-order valence-electron chi connectivity index (χ3n) is 9.45. The maximum atomic E-state index is 13.0. The third kappa shape index (κ3) is 6.24. The molecule has 9 heteroatoms. The molecule has 2 aromatic carbocycles. The van der Waals surface area contributed by atoms with E-state index in [0.717, 1.165) is 70.5 Å². The van der Waals surface area contributed by atoms with Gasteiger partial charge in [-0.1, -0.05) is 42.5 Å². The van der Waals surface area contributed by atoms with Crippen LogP contribution in [0.5, 0.6) is 0 Å². The van der Waals surface area contributed by atoms with Crippen LogP contribution in [0.2, 0.25) is 0 Å². The quantitative estimate of drug-likeness (QED) is 0.491. The molecule has 1 spiro atoms. The van der Waals surface area contributed by atoms with Gasteiger partial charge in [0.15, 0.2) is 9.84 Å². The van der Waals surface area contributed by atoms with E-state index in [9.17, 15) is 18.0 Å². The van der Waals surface area contributed by atoms with Crippen LogP contribution >= 0.6 is 12.4 Å². The minimum Gasteiger partial charge on any atom is -0.341 e. The fourth-order valence-electron chi connectivity index (χ4n) is 6.97. The molecule has 3 aliphatic heterocycles. The first-order chi connectivity index (χ1) is 18.7. The molecule has 1 saturated carbocycles. The monoisotopic (exact) mass is 585 g/mol. The second-order valence-corrected chi connectivity index (χ2v) is 14.5. The molecule has 3 saturated heterocycles. The van der Waals surface area contributed by atoms with Gasteiger partial charge in [0.25, 0.3) is 0 Å². The number of rotatable bonds is 7. The van der Waals surface area contributed by atoms with Crippen LogP contribution in [0, 0.1) is 17.3 Å². The molecule has 40 heavy (non-hydrogen) atoms. The average molecular weight is 586 g/mol. The Morgan fingerprint density at radius 3 is 2.27 bits per heavy atom. The Morgan fingerprint density at radius 1 is 0.975 bits per heavy atom. The average Bonchev–Trinajstić information content (AvgIpc) is 3.62. The first-order valence-electron chi connectivity index (χ1n) is 14.3. The third-order valence-corrected chi connectivity index (χ3v) is 10.6. The first-order valence-corrected chi connectivity index (χ1v) is 16.2. The normalized spacial score (nSPS) is 24.9. The van der Waals surface area contributed by atoms with Crippen molar-refractivity contribution < 1.29 is 18.0 Å². The molecule has 2 aromatic rings. The largest absolute Gasteiger partial charge is 0.341 e. The number of halogens is 1. The predicted octanol–water partition coefficient (Wildman–Crippen LogP) is 3.98. The molecule has 0 bridgehead atoms. The summed E-state index contributed by atoms with van der Waals surface area (Å²) in [5.41, 5.74) is 2.33. The lowest BCUT2D eigenvalue weighted by Crippen LogP contribution is -2.44. The Bertz CT molecular complexity index is 1320. The Labute approximate surface area is 244 Å². The van der Waals surface area contributed by atoms with Crippen LogP contribution in [0.1, 0.15) is 49.1 Å². The fourth-order valence-corrected chi connectivity index (χ4v) is 7.60. The van der Waals surface area contributed by atoms with Crippen molar-refractivity contribution in [3.8, 4) is 0 Å². The molecule has 6 rings (SSSR count). The van der Waals surface area contributed by atoms with E-state index in [1.807, 2.05) is 17.0 Å². The van der Waals surface area contributed by atoms with Gasteiger partial charge >= 0.3 is 0 Å². The number of hydrogen-bond donors (Lipinski definition) is 0. The number of nitrogens with zero attached hydrogens (tertiary/aromatic N) is 3. The highest BCUT2D eigenvalue weighted by Crippen LogP contribution is 2.43. The SMILES string of the molecule is CS(=O)(=O)c1ccc(CN2CC3(CCN(CC4CN(C(=O)C5CC5)CC4c4ccccc4)CC3)CC2=O)cc1.Cl. The molecule has 1 aliphatic carbocycles. The summed E-state index contributed by atoms with van der Waals surface area (Å²) in [6.45, 7) is 5.94. The minimum absolute atomic E-state index is 0. The standard InChI is InChI=1S/C31H39N3O4S.ClH/c1-39(37,38)27-11-7-23(8-12-27)18-34-22-31(17-29(34)35)13-15-32(16-14-31)19-26-20-33(30(36)25-9-10-25)21-28(26)24-5-3-2-4-6-24;/h2-8,11-12,25-26,28H,9-10,13-22H2,1H3;1H. The van der Waals surface area contributed by atoms with Gasteiger partial charge < -0.3 is 14.7 Å². The van der Waals surface area contributed by atoms with Crippen molar-refractivity contribution in [2.45, 2.75) is 49.5 Å². The number of likely N-dealkylation sites (tertiary alicyclic amines) is 3. The molecule has 216 valence electrons. The highest BCUT2D eigenvalue weighted by atomic mass is 35.5. The van der Waals surface area contributed by atoms with Gasteiger partial charge in [0, 0.05) is 57.2 Å². The zero-order valence-corrected chi connectivity index (χ0v) is 24.8. The molecule has 0 aromatic heterocycles. The summed E-state index contributed by atoms with van der Waals surface area (Å²) in [6, 6.07) is 17.6. The van der Waals surface area contributed by atoms with Crippen molar-refractivity contribution >= 4 is 34.1 Å². The minimum atomic E-state index is -3.23. The van der Waals surface area contributed by atoms with Gasteiger partial charge in [-0.25, -0.2) is 8.42 Å². The summed E-state index contributed by atoms with van der Waals surface area (Å²) >= 11 is 0. The van der Waals surface area contributed by atoms with Crippen LogP contribution in [0.3, 0.4) is 0 Å².